The molecule has 2 rings (SSSR count). The normalized spacial score (nSPS) is 13.4. The van der Waals surface area contributed by atoms with E-state index in [9.17, 15) is 4.79 Å². The summed E-state index contributed by atoms with van der Waals surface area (Å²) >= 11 is 0. The Morgan fingerprint density at radius 3 is 3.08 bits per heavy atom. The SMILES string of the molecule is N#Cc1ccc2c(c1)CC(=O)O2. The van der Waals surface area contributed by atoms with Gasteiger partial charge in [0.25, 0.3) is 0 Å². The van der Waals surface area contributed by atoms with Gasteiger partial charge < -0.3 is 4.74 Å². The molecule has 0 N–H and O–H groups in total. The number of nitriles is 1. The first kappa shape index (κ1) is 6.86. The summed E-state index contributed by atoms with van der Waals surface area (Å²) < 4.78 is 4.86. The van der Waals surface area contributed by atoms with Crippen LogP contribution in [-0.4, -0.2) is 5.97 Å². The Bertz CT molecular complexity index is 390. The molecule has 12 heavy (non-hydrogen) atoms. The molecule has 0 fully saturated rings. The molecule has 0 saturated carbocycles. The van der Waals surface area contributed by atoms with Gasteiger partial charge in [-0.15, -0.1) is 0 Å². The molecule has 1 heterocycles. The number of esters is 1. The van der Waals surface area contributed by atoms with Crippen LogP contribution in [0, 0.1) is 11.3 Å². The third kappa shape index (κ3) is 0.940. The summed E-state index contributed by atoms with van der Waals surface area (Å²) in [6, 6.07) is 6.97. The van der Waals surface area contributed by atoms with Crippen LogP contribution < -0.4 is 4.74 Å². The molecule has 0 amide bonds. The van der Waals surface area contributed by atoms with Crippen LogP contribution in [-0.2, 0) is 11.2 Å². The van der Waals surface area contributed by atoms with E-state index in [4.69, 9.17) is 10.00 Å². The van der Waals surface area contributed by atoms with Gasteiger partial charge in [-0.2, -0.15) is 5.26 Å². The minimum Gasteiger partial charge on any atom is -0.426 e. The van der Waals surface area contributed by atoms with Gasteiger partial charge in [-0.05, 0) is 18.2 Å². The molecule has 1 aliphatic rings. The third-order valence-corrected chi connectivity index (χ3v) is 1.75. The minimum atomic E-state index is -0.250. The van der Waals surface area contributed by atoms with E-state index in [0.717, 1.165) is 5.56 Å². The van der Waals surface area contributed by atoms with Crippen LogP contribution in [0.5, 0.6) is 5.75 Å². The van der Waals surface area contributed by atoms with Crippen molar-refractivity contribution in [1.29, 1.82) is 5.26 Å². The second-order valence-corrected chi connectivity index (χ2v) is 2.59. The van der Waals surface area contributed by atoms with E-state index in [0.29, 0.717) is 11.3 Å². The molecule has 1 aromatic carbocycles. The first-order chi connectivity index (χ1) is 5.79. The molecule has 58 valence electrons. The summed E-state index contributed by atoms with van der Waals surface area (Å²) in [5.74, 6) is 0.332. The van der Waals surface area contributed by atoms with Gasteiger partial charge in [0.2, 0.25) is 0 Å². The lowest BCUT2D eigenvalue weighted by atomic mass is 10.1. The number of hydrogen-bond donors (Lipinski definition) is 0. The number of ether oxygens (including phenoxy) is 1. The van der Waals surface area contributed by atoms with Crippen molar-refractivity contribution in [1.82, 2.24) is 0 Å². The average Bonchev–Trinajstić information content (AvgIpc) is 2.43. The van der Waals surface area contributed by atoms with E-state index >= 15 is 0 Å². The van der Waals surface area contributed by atoms with Crippen molar-refractivity contribution in [3.63, 3.8) is 0 Å². The van der Waals surface area contributed by atoms with Gasteiger partial charge in [0.1, 0.15) is 5.75 Å². The largest absolute Gasteiger partial charge is 0.426 e. The van der Waals surface area contributed by atoms with E-state index in [2.05, 4.69) is 0 Å². The minimum absolute atomic E-state index is 0.250. The van der Waals surface area contributed by atoms with Crippen LogP contribution in [0.2, 0.25) is 0 Å². The van der Waals surface area contributed by atoms with Crippen LogP contribution in [0.1, 0.15) is 11.1 Å². The summed E-state index contributed by atoms with van der Waals surface area (Å²) in [4.78, 5) is 10.8. The first-order valence-corrected chi connectivity index (χ1v) is 3.53. The summed E-state index contributed by atoms with van der Waals surface area (Å²) in [6.07, 6.45) is 0.283. The van der Waals surface area contributed by atoms with Crippen LogP contribution in [0.15, 0.2) is 18.2 Å². The molecule has 0 saturated heterocycles. The summed E-state index contributed by atoms with van der Waals surface area (Å²) in [7, 11) is 0. The molecule has 0 spiro atoms. The standard InChI is InChI=1S/C9H5NO2/c10-5-6-1-2-8-7(3-6)4-9(11)12-8/h1-3H,4H2. The lowest BCUT2D eigenvalue weighted by Gasteiger charge is -1.94. The second-order valence-electron chi connectivity index (χ2n) is 2.59. The van der Waals surface area contributed by atoms with E-state index in [1.165, 1.54) is 0 Å². The Morgan fingerprint density at radius 1 is 1.50 bits per heavy atom. The van der Waals surface area contributed by atoms with Crippen molar-refractivity contribution < 1.29 is 9.53 Å². The van der Waals surface area contributed by atoms with E-state index < -0.39 is 0 Å². The van der Waals surface area contributed by atoms with Crippen molar-refractivity contribution in [2.24, 2.45) is 0 Å². The van der Waals surface area contributed by atoms with Crippen LogP contribution >= 0.6 is 0 Å². The Morgan fingerprint density at radius 2 is 2.33 bits per heavy atom. The molecule has 0 aliphatic carbocycles. The zero-order chi connectivity index (χ0) is 8.55. The molecular formula is C9H5NO2. The summed E-state index contributed by atoms with van der Waals surface area (Å²) in [5.41, 5.74) is 1.37. The van der Waals surface area contributed by atoms with Gasteiger partial charge in [0.05, 0.1) is 18.1 Å². The topological polar surface area (TPSA) is 50.1 Å². The van der Waals surface area contributed by atoms with E-state index in [1.54, 1.807) is 18.2 Å². The molecule has 3 heteroatoms. The first-order valence-electron chi connectivity index (χ1n) is 3.53. The highest BCUT2D eigenvalue weighted by molar-refractivity contribution is 5.81. The predicted molar refractivity (Wildman–Crippen MR) is 40.5 cm³/mol. The van der Waals surface area contributed by atoms with Crippen molar-refractivity contribution in [3.8, 4) is 11.8 Å². The zero-order valence-corrected chi connectivity index (χ0v) is 6.20. The monoisotopic (exact) mass is 159 g/mol. The lowest BCUT2D eigenvalue weighted by molar-refractivity contribution is -0.131. The molecule has 0 unspecified atom stereocenters. The number of hydrogen-bond acceptors (Lipinski definition) is 3. The Hall–Kier alpha value is -1.82. The maximum atomic E-state index is 10.8. The number of nitrogens with zero attached hydrogens (tertiary/aromatic N) is 1. The smallest absolute Gasteiger partial charge is 0.315 e. The number of rotatable bonds is 0. The van der Waals surface area contributed by atoms with Gasteiger partial charge in [0.15, 0.2) is 0 Å². The molecule has 0 aromatic heterocycles. The number of carbonyl (C=O) groups is 1. The van der Waals surface area contributed by atoms with Gasteiger partial charge in [-0.3, -0.25) is 4.79 Å². The van der Waals surface area contributed by atoms with Crippen molar-refractivity contribution in [3.05, 3.63) is 29.3 Å². The summed E-state index contributed by atoms with van der Waals surface area (Å²) in [6.45, 7) is 0. The number of fused-ring (bicyclic) bond motifs is 1. The molecular weight excluding hydrogens is 154 g/mol. The highest BCUT2D eigenvalue weighted by atomic mass is 16.5. The van der Waals surface area contributed by atoms with E-state index in [-0.39, 0.29) is 12.4 Å². The van der Waals surface area contributed by atoms with Crippen molar-refractivity contribution >= 4 is 5.97 Å². The third-order valence-electron chi connectivity index (χ3n) is 1.75. The van der Waals surface area contributed by atoms with Gasteiger partial charge >= 0.3 is 5.97 Å². The maximum absolute atomic E-state index is 10.8. The zero-order valence-electron chi connectivity index (χ0n) is 6.20. The maximum Gasteiger partial charge on any atom is 0.315 e. The highest BCUT2D eigenvalue weighted by Gasteiger charge is 2.19. The molecule has 0 radical (unpaired) electrons. The molecule has 1 aromatic rings. The van der Waals surface area contributed by atoms with Crippen molar-refractivity contribution in [2.45, 2.75) is 6.42 Å². The average molecular weight is 159 g/mol. The lowest BCUT2D eigenvalue weighted by Crippen LogP contribution is -1.99. The highest BCUT2D eigenvalue weighted by Crippen LogP contribution is 2.26. The Kier molecular flexibility index (Phi) is 1.34. The van der Waals surface area contributed by atoms with Crippen LogP contribution in [0.25, 0.3) is 0 Å². The van der Waals surface area contributed by atoms with E-state index in [1.807, 2.05) is 6.07 Å². The second kappa shape index (κ2) is 2.35. The number of carbonyl (C=O) groups excluding carboxylic acids is 1. The predicted octanol–water partition coefficient (Wildman–Crippen LogP) is 1.02. The molecule has 1 aliphatic heterocycles. The molecule has 0 atom stereocenters. The number of benzene rings is 1. The van der Waals surface area contributed by atoms with Gasteiger partial charge in [0, 0.05) is 5.56 Å². The fourth-order valence-electron chi connectivity index (χ4n) is 1.20. The van der Waals surface area contributed by atoms with Crippen LogP contribution in [0.4, 0.5) is 0 Å². The molecule has 3 nitrogen and oxygen atoms in total. The Balaban J connectivity index is 2.50. The quantitative estimate of drug-likeness (QED) is 0.419. The fourth-order valence-corrected chi connectivity index (χ4v) is 1.20. The summed E-state index contributed by atoms with van der Waals surface area (Å²) in [5, 5.41) is 8.56. The van der Waals surface area contributed by atoms with Gasteiger partial charge in [-0.25, -0.2) is 0 Å². The fraction of sp³-hybridized carbons (Fsp3) is 0.111. The Labute approximate surface area is 69.2 Å². The van der Waals surface area contributed by atoms with Crippen molar-refractivity contribution in [2.75, 3.05) is 0 Å². The van der Waals surface area contributed by atoms with Crippen LogP contribution in [0.3, 0.4) is 0 Å². The van der Waals surface area contributed by atoms with Gasteiger partial charge in [-0.1, -0.05) is 0 Å². The molecule has 0 bridgehead atoms.